The molecule has 3 aromatic rings. The highest BCUT2D eigenvalue weighted by Gasteiger charge is 2.10. The van der Waals surface area contributed by atoms with Crippen LogP contribution < -0.4 is 5.32 Å². The predicted octanol–water partition coefficient (Wildman–Crippen LogP) is 2.80. The van der Waals surface area contributed by atoms with E-state index in [2.05, 4.69) is 15.4 Å². The molecule has 21 heavy (non-hydrogen) atoms. The largest absolute Gasteiger partial charge is 0.508 e. The van der Waals surface area contributed by atoms with Crippen LogP contribution in [0, 0.1) is 0 Å². The van der Waals surface area contributed by atoms with Gasteiger partial charge in [0.1, 0.15) is 5.75 Å². The van der Waals surface area contributed by atoms with E-state index in [0.717, 1.165) is 22.5 Å². The average Bonchev–Trinajstić information content (AvgIpc) is 2.87. The predicted molar refractivity (Wildman–Crippen MR) is 81.9 cm³/mol. The first-order valence-corrected chi connectivity index (χ1v) is 6.68. The minimum absolute atomic E-state index is 0.249. The topological polar surface area (TPSA) is 63.0 Å². The smallest absolute Gasteiger partial charge is 0.117 e. The van der Waals surface area contributed by atoms with E-state index in [9.17, 15) is 5.11 Å². The first-order valence-electron chi connectivity index (χ1n) is 6.68. The average molecular weight is 280 g/mol. The van der Waals surface area contributed by atoms with E-state index >= 15 is 0 Å². The Bertz CT molecular complexity index is 737. The molecule has 106 valence electrons. The first-order chi connectivity index (χ1) is 10.2. The lowest BCUT2D eigenvalue weighted by molar-refractivity contribution is 0.475. The van der Waals surface area contributed by atoms with Crippen molar-refractivity contribution in [1.29, 1.82) is 0 Å². The number of hydrogen-bond acceptors (Lipinski definition) is 4. The molecule has 1 aromatic carbocycles. The zero-order valence-corrected chi connectivity index (χ0v) is 11.7. The summed E-state index contributed by atoms with van der Waals surface area (Å²) >= 11 is 0. The number of anilines is 1. The fourth-order valence-corrected chi connectivity index (χ4v) is 2.23. The maximum atomic E-state index is 9.48. The molecule has 0 saturated carbocycles. The number of aromatic hydroxyl groups is 1. The second-order valence-corrected chi connectivity index (χ2v) is 4.82. The van der Waals surface area contributed by atoms with Gasteiger partial charge in [-0.3, -0.25) is 9.67 Å². The maximum absolute atomic E-state index is 9.48. The molecule has 0 radical (unpaired) electrons. The number of hydrogen-bond donors (Lipinski definition) is 2. The Kier molecular flexibility index (Phi) is 3.55. The van der Waals surface area contributed by atoms with Crippen molar-refractivity contribution in [1.82, 2.24) is 14.8 Å². The molecule has 0 aliphatic heterocycles. The van der Waals surface area contributed by atoms with Crippen molar-refractivity contribution in [2.45, 2.75) is 6.54 Å². The molecular weight excluding hydrogens is 264 g/mol. The molecule has 0 fully saturated rings. The van der Waals surface area contributed by atoms with Crippen LogP contribution in [0.5, 0.6) is 5.75 Å². The Morgan fingerprint density at radius 2 is 2.14 bits per heavy atom. The molecule has 0 aliphatic carbocycles. The van der Waals surface area contributed by atoms with Crippen LogP contribution >= 0.6 is 0 Å². The van der Waals surface area contributed by atoms with Crippen molar-refractivity contribution in [3.05, 3.63) is 60.6 Å². The number of aromatic nitrogens is 3. The van der Waals surface area contributed by atoms with E-state index in [1.807, 2.05) is 37.5 Å². The van der Waals surface area contributed by atoms with E-state index in [-0.39, 0.29) is 5.75 Å². The molecule has 0 atom stereocenters. The zero-order chi connectivity index (χ0) is 14.7. The second-order valence-electron chi connectivity index (χ2n) is 4.82. The van der Waals surface area contributed by atoms with Crippen molar-refractivity contribution in [3.8, 4) is 17.0 Å². The molecule has 3 rings (SSSR count). The van der Waals surface area contributed by atoms with Gasteiger partial charge in [0.2, 0.25) is 0 Å². The highest BCUT2D eigenvalue weighted by Crippen LogP contribution is 2.22. The van der Waals surface area contributed by atoms with Gasteiger partial charge >= 0.3 is 0 Å². The molecule has 0 aliphatic rings. The van der Waals surface area contributed by atoms with Crippen molar-refractivity contribution < 1.29 is 5.11 Å². The Balaban J connectivity index is 1.83. The Morgan fingerprint density at radius 1 is 1.24 bits per heavy atom. The van der Waals surface area contributed by atoms with Crippen LogP contribution in [0.25, 0.3) is 11.3 Å². The van der Waals surface area contributed by atoms with Gasteiger partial charge in [0.25, 0.3) is 0 Å². The normalized spacial score (nSPS) is 10.5. The summed E-state index contributed by atoms with van der Waals surface area (Å²) in [5.41, 5.74) is 3.86. The van der Waals surface area contributed by atoms with Crippen LogP contribution in [0.1, 0.15) is 5.56 Å². The maximum Gasteiger partial charge on any atom is 0.117 e. The zero-order valence-electron chi connectivity index (χ0n) is 11.7. The molecule has 5 nitrogen and oxygen atoms in total. The Morgan fingerprint density at radius 3 is 2.90 bits per heavy atom. The standard InChI is InChI=1S/C16H16N4O/c1-20-11-13(10-18-14-5-2-6-15(21)8-14)16(19-20)12-4-3-7-17-9-12/h2-9,11,18,21H,10H2,1H3. The third-order valence-corrected chi connectivity index (χ3v) is 3.17. The lowest BCUT2D eigenvalue weighted by atomic mass is 10.1. The van der Waals surface area contributed by atoms with E-state index in [1.54, 1.807) is 29.2 Å². The lowest BCUT2D eigenvalue weighted by Gasteiger charge is -2.07. The van der Waals surface area contributed by atoms with Crippen molar-refractivity contribution >= 4 is 5.69 Å². The van der Waals surface area contributed by atoms with Crippen LogP contribution in [0.2, 0.25) is 0 Å². The molecule has 0 amide bonds. The summed E-state index contributed by atoms with van der Waals surface area (Å²) in [6, 6.07) is 11.0. The van der Waals surface area contributed by atoms with Crippen molar-refractivity contribution in [3.63, 3.8) is 0 Å². The van der Waals surface area contributed by atoms with Gasteiger partial charge in [0.15, 0.2) is 0 Å². The number of benzene rings is 1. The summed E-state index contributed by atoms with van der Waals surface area (Å²) < 4.78 is 1.79. The van der Waals surface area contributed by atoms with Gasteiger partial charge in [-0.2, -0.15) is 5.10 Å². The SMILES string of the molecule is Cn1cc(CNc2cccc(O)c2)c(-c2cccnc2)n1. The fourth-order valence-electron chi connectivity index (χ4n) is 2.23. The van der Waals surface area contributed by atoms with Crippen molar-refractivity contribution in [2.24, 2.45) is 7.05 Å². The molecule has 0 spiro atoms. The van der Waals surface area contributed by atoms with Gasteiger partial charge in [0, 0.05) is 55.1 Å². The molecule has 0 bridgehead atoms. The van der Waals surface area contributed by atoms with Crippen LogP contribution in [-0.4, -0.2) is 19.9 Å². The molecule has 2 heterocycles. The van der Waals surface area contributed by atoms with Crippen molar-refractivity contribution in [2.75, 3.05) is 5.32 Å². The van der Waals surface area contributed by atoms with Crippen LogP contribution in [0.3, 0.4) is 0 Å². The number of pyridine rings is 1. The number of nitrogens with one attached hydrogen (secondary N) is 1. The Hall–Kier alpha value is -2.82. The lowest BCUT2D eigenvalue weighted by Crippen LogP contribution is -1.99. The number of phenolic OH excluding ortho intramolecular Hbond substituents is 1. The number of aryl methyl sites for hydroxylation is 1. The summed E-state index contributed by atoms with van der Waals surface area (Å²) in [4.78, 5) is 4.14. The summed E-state index contributed by atoms with van der Waals surface area (Å²) in [6.07, 6.45) is 5.54. The summed E-state index contributed by atoms with van der Waals surface area (Å²) in [5, 5.41) is 17.3. The van der Waals surface area contributed by atoms with Gasteiger partial charge in [0.05, 0.1) is 5.69 Å². The summed E-state index contributed by atoms with van der Waals surface area (Å²) in [7, 11) is 1.90. The monoisotopic (exact) mass is 280 g/mol. The highest BCUT2D eigenvalue weighted by molar-refractivity contribution is 5.62. The fraction of sp³-hybridized carbons (Fsp3) is 0.125. The van der Waals surface area contributed by atoms with E-state index < -0.39 is 0 Å². The molecule has 5 heteroatoms. The van der Waals surface area contributed by atoms with Crippen LogP contribution in [0.15, 0.2) is 55.0 Å². The summed E-state index contributed by atoms with van der Waals surface area (Å²) in [5.74, 6) is 0.249. The van der Waals surface area contributed by atoms with E-state index in [1.165, 1.54) is 0 Å². The molecular formula is C16H16N4O. The van der Waals surface area contributed by atoms with Gasteiger partial charge < -0.3 is 10.4 Å². The summed E-state index contributed by atoms with van der Waals surface area (Å²) in [6.45, 7) is 0.627. The van der Waals surface area contributed by atoms with Crippen LogP contribution in [-0.2, 0) is 13.6 Å². The molecule has 0 unspecified atom stereocenters. The van der Waals surface area contributed by atoms with E-state index in [0.29, 0.717) is 6.54 Å². The second kappa shape index (κ2) is 5.66. The molecule has 2 N–H and O–H groups in total. The van der Waals surface area contributed by atoms with E-state index in [4.69, 9.17) is 0 Å². The Labute approximate surface area is 122 Å². The minimum atomic E-state index is 0.249. The third kappa shape index (κ3) is 3.02. The minimum Gasteiger partial charge on any atom is -0.508 e. The van der Waals surface area contributed by atoms with Crippen LogP contribution in [0.4, 0.5) is 5.69 Å². The quantitative estimate of drug-likeness (QED) is 0.771. The molecule has 2 aromatic heterocycles. The van der Waals surface area contributed by atoms with Gasteiger partial charge in [-0.25, -0.2) is 0 Å². The van der Waals surface area contributed by atoms with Gasteiger partial charge in [-0.15, -0.1) is 0 Å². The number of rotatable bonds is 4. The number of phenols is 1. The first kappa shape index (κ1) is 13.2. The molecule has 0 saturated heterocycles. The van der Waals surface area contributed by atoms with Gasteiger partial charge in [-0.1, -0.05) is 6.07 Å². The van der Waals surface area contributed by atoms with Gasteiger partial charge in [-0.05, 0) is 24.3 Å². The number of nitrogens with zero attached hydrogens (tertiary/aromatic N) is 3. The highest BCUT2D eigenvalue weighted by atomic mass is 16.3. The third-order valence-electron chi connectivity index (χ3n) is 3.17.